The lowest BCUT2D eigenvalue weighted by Crippen LogP contribution is -2.46. The largest absolute Gasteiger partial charge is 0.432 e. The van der Waals surface area contributed by atoms with Crippen LogP contribution in [0.3, 0.4) is 0 Å². The average Bonchev–Trinajstić information content (AvgIpc) is 3.55. The summed E-state index contributed by atoms with van der Waals surface area (Å²) in [5, 5.41) is 21.9. The number of nitrogens with zero attached hydrogens (tertiary/aromatic N) is 4. The number of aliphatic hydroxyl groups excluding tert-OH is 1. The summed E-state index contributed by atoms with van der Waals surface area (Å²) < 4.78 is 6.79. The number of rotatable bonds is 13. The van der Waals surface area contributed by atoms with Crippen molar-refractivity contribution in [2.24, 2.45) is 5.92 Å². The Hall–Kier alpha value is -5.21. The zero-order valence-electron chi connectivity index (χ0n) is 29.3. The Labute approximate surface area is 303 Å². The van der Waals surface area contributed by atoms with Gasteiger partial charge in [-0.05, 0) is 54.6 Å². The maximum Gasteiger partial charge on any atom is 0.269 e. The van der Waals surface area contributed by atoms with Crippen LogP contribution < -0.4 is 9.80 Å². The van der Waals surface area contributed by atoms with Crippen LogP contribution in [-0.4, -0.2) is 65.5 Å². The van der Waals surface area contributed by atoms with Crippen LogP contribution in [0.1, 0.15) is 30.0 Å². The number of para-hydroxylation sites is 1. The molecule has 4 aromatic carbocycles. The van der Waals surface area contributed by atoms with E-state index in [4.69, 9.17) is 4.74 Å². The van der Waals surface area contributed by atoms with E-state index in [1.54, 1.807) is 37.4 Å². The molecule has 3 amide bonds. The maximum absolute atomic E-state index is 14.9. The fraction of sp³-hybridized carbons (Fsp3) is 0.308. The molecule has 12 nitrogen and oxygen atoms in total. The number of benzene rings is 4. The highest BCUT2D eigenvalue weighted by atomic mass is 28.4. The van der Waals surface area contributed by atoms with E-state index in [-0.39, 0.29) is 44.3 Å². The number of fused-ring (bicyclic) bond motifs is 2. The Morgan fingerprint density at radius 1 is 0.981 bits per heavy atom. The molecule has 6 rings (SSSR count). The molecule has 0 radical (unpaired) electrons. The second-order valence-corrected chi connectivity index (χ2v) is 17.9. The standard InChI is InChI=1S/C39H42N4O8Si/c1-27-37(52(2,3)50)35(23-36(46)40(19-20-44)24-28-11-6-4-7-12-28)51-39(27)33-22-32(43(48)49)17-18-34(33)41(38(39)47)25-29-13-10-16-31(21-29)42(26-45)30-14-8-5-9-15-30/h4-18,21-22,26-27,35,37,44,50H,19-20,23-25H2,1-3H3/t27-,35+,37-,39+/m1/s1. The molecule has 0 unspecified atom stereocenters. The highest BCUT2D eigenvalue weighted by Gasteiger charge is 2.66. The molecular weight excluding hydrogens is 681 g/mol. The molecule has 0 saturated carbocycles. The van der Waals surface area contributed by atoms with Crippen LogP contribution in [0.5, 0.6) is 0 Å². The van der Waals surface area contributed by atoms with Gasteiger partial charge >= 0.3 is 0 Å². The molecule has 1 saturated heterocycles. The Balaban J connectivity index is 1.37. The van der Waals surface area contributed by atoms with Gasteiger partial charge in [0.25, 0.3) is 11.6 Å². The highest BCUT2D eigenvalue weighted by Crippen LogP contribution is 2.60. The first-order valence-electron chi connectivity index (χ1n) is 17.2. The van der Waals surface area contributed by atoms with E-state index in [1.807, 2.05) is 73.7 Å². The van der Waals surface area contributed by atoms with Crippen molar-refractivity contribution < 1.29 is 33.9 Å². The van der Waals surface area contributed by atoms with Crippen LogP contribution in [-0.2, 0) is 37.8 Å². The van der Waals surface area contributed by atoms with E-state index < -0.39 is 42.3 Å². The summed E-state index contributed by atoms with van der Waals surface area (Å²) in [6, 6.07) is 30.0. The van der Waals surface area contributed by atoms with E-state index in [0.717, 1.165) is 12.0 Å². The molecule has 270 valence electrons. The zero-order valence-corrected chi connectivity index (χ0v) is 30.3. The topological polar surface area (TPSA) is 154 Å². The minimum absolute atomic E-state index is 0.0619. The first-order valence-corrected chi connectivity index (χ1v) is 20.2. The summed E-state index contributed by atoms with van der Waals surface area (Å²) in [5.74, 6) is -1.43. The Morgan fingerprint density at radius 2 is 1.63 bits per heavy atom. The first kappa shape index (κ1) is 36.6. The SMILES string of the molecule is C[C@@H]1[C@@H]([Si](C)(C)O)[C@H](CC(=O)N(CCO)Cc2ccccc2)O[C@@]12C(=O)N(Cc1cccc(N(C=O)c3ccccc3)c1)c1ccc([N+](=O)[O-])cc12. The smallest absolute Gasteiger partial charge is 0.269 e. The molecule has 4 atom stereocenters. The molecule has 0 aromatic heterocycles. The number of amides is 3. The van der Waals surface area contributed by atoms with E-state index in [1.165, 1.54) is 26.8 Å². The Bertz CT molecular complexity index is 1960. The van der Waals surface area contributed by atoms with Crippen molar-refractivity contribution in [3.63, 3.8) is 0 Å². The van der Waals surface area contributed by atoms with Crippen LogP contribution in [0.2, 0.25) is 18.6 Å². The quantitative estimate of drug-likeness (QED) is 0.0778. The molecule has 0 bridgehead atoms. The van der Waals surface area contributed by atoms with Gasteiger partial charge < -0.3 is 24.4 Å². The number of ether oxygens (including phenoxy) is 1. The van der Waals surface area contributed by atoms with Gasteiger partial charge in [0.2, 0.25) is 12.3 Å². The Kier molecular flexibility index (Phi) is 10.4. The molecule has 2 N–H and O–H groups in total. The van der Waals surface area contributed by atoms with E-state index in [9.17, 15) is 34.4 Å². The fourth-order valence-electron chi connectivity index (χ4n) is 7.90. The fourth-order valence-corrected chi connectivity index (χ4v) is 10.5. The van der Waals surface area contributed by atoms with Crippen LogP contribution in [0.15, 0.2) is 103 Å². The minimum Gasteiger partial charge on any atom is -0.432 e. The molecular formula is C39H42N4O8Si. The average molecular weight is 723 g/mol. The molecule has 13 heteroatoms. The summed E-state index contributed by atoms with van der Waals surface area (Å²) in [4.78, 5) is 68.8. The number of hydrogen-bond acceptors (Lipinski definition) is 8. The maximum atomic E-state index is 14.9. The van der Waals surface area contributed by atoms with Crippen LogP contribution in [0.4, 0.5) is 22.7 Å². The van der Waals surface area contributed by atoms with Gasteiger partial charge in [-0.15, -0.1) is 0 Å². The normalized spacial score (nSPS) is 20.9. The highest BCUT2D eigenvalue weighted by molar-refractivity contribution is 6.71. The minimum atomic E-state index is -3.17. The Morgan fingerprint density at radius 3 is 2.27 bits per heavy atom. The third-order valence-corrected chi connectivity index (χ3v) is 12.7. The number of non-ortho nitro benzene ring substituents is 1. The lowest BCUT2D eigenvalue weighted by atomic mass is 9.82. The number of aliphatic hydroxyl groups is 1. The molecule has 2 heterocycles. The first-order chi connectivity index (χ1) is 24.9. The van der Waals surface area contributed by atoms with E-state index >= 15 is 0 Å². The van der Waals surface area contributed by atoms with Crippen molar-refractivity contribution in [1.82, 2.24) is 4.90 Å². The summed E-state index contributed by atoms with van der Waals surface area (Å²) in [6.07, 6.45) is -0.338. The van der Waals surface area contributed by atoms with Gasteiger partial charge in [0, 0.05) is 53.6 Å². The van der Waals surface area contributed by atoms with Crippen molar-refractivity contribution in [3.05, 3.63) is 130 Å². The molecule has 1 fully saturated rings. The van der Waals surface area contributed by atoms with Crippen molar-refractivity contribution in [2.45, 2.75) is 56.8 Å². The number of nitro groups is 1. The zero-order chi connectivity index (χ0) is 37.2. The van der Waals surface area contributed by atoms with Crippen LogP contribution in [0.25, 0.3) is 0 Å². The number of hydrogen-bond donors (Lipinski definition) is 2. The lowest BCUT2D eigenvalue weighted by molar-refractivity contribution is -0.385. The van der Waals surface area contributed by atoms with Gasteiger partial charge in [0.05, 0.1) is 36.3 Å². The molecule has 52 heavy (non-hydrogen) atoms. The van der Waals surface area contributed by atoms with Crippen LogP contribution >= 0.6 is 0 Å². The van der Waals surface area contributed by atoms with Crippen molar-refractivity contribution >= 4 is 49.3 Å². The second-order valence-electron chi connectivity index (χ2n) is 13.9. The van der Waals surface area contributed by atoms with Crippen LogP contribution in [0, 0.1) is 16.0 Å². The van der Waals surface area contributed by atoms with Crippen molar-refractivity contribution in [2.75, 3.05) is 23.0 Å². The van der Waals surface area contributed by atoms with Gasteiger partial charge in [-0.1, -0.05) is 67.6 Å². The summed E-state index contributed by atoms with van der Waals surface area (Å²) in [5.41, 5.74) is 1.02. The van der Waals surface area contributed by atoms with Gasteiger partial charge in [0.15, 0.2) is 13.9 Å². The van der Waals surface area contributed by atoms with E-state index in [2.05, 4.69) is 0 Å². The molecule has 2 aliphatic heterocycles. The van der Waals surface area contributed by atoms with Crippen molar-refractivity contribution in [3.8, 4) is 0 Å². The third kappa shape index (κ3) is 6.87. The number of carbonyl (C=O) groups excluding carboxylic acids is 3. The van der Waals surface area contributed by atoms with Gasteiger partial charge in [-0.25, -0.2) is 0 Å². The number of anilines is 3. The predicted molar refractivity (Wildman–Crippen MR) is 198 cm³/mol. The number of nitro benzene ring substituents is 1. The van der Waals surface area contributed by atoms with Gasteiger partial charge in [-0.2, -0.15) is 0 Å². The predicted octanol–water partition coefficient (Wildman–Crippen LogP) is 5.65. The molecule has 1 spiro atoms. The molecule has 2 aliphatic rings. The third-order valence-electron chi connectivity index (χ3n) is 10.2. The summed E-state index contributed by atoms with van der Waals surface area (Å²) in [6.45, 7) is 5.44. The summed E-state index contributed by atoms with van der Waals surface area (Å²) in [7, 11) is -3.17. The van der Waals surface area contributed by atoms with Gasteiger partial charge in [0.1, 0.15) is 0 Å². The van der Waals surface area contributed by atoms with Gasteiger partial charge in [-0.3, -0.25) is 29.4 Å². The summed E-state index contributed by atoms with van der Waals surface area (Å²) >= 11 is 0. The number of carbonyl (C=O) groups is 3. The van der Waals surface area contributed by atoms with E-state index in [0.29, 0.717) is 28.2 Å². The lowest BCUT2D eigenvalue weighted by Gasteiger charge is -2.32. The molecule has 0 aliphatic carbocycles. The van der Waals surface area contributed by atoms with Crippen molar-refractivity contribution in [1.29, 1.82) is 0 Å². The second kappa shape index (κ2) is 14.8. The monoisotopic (exact) mass is 722 g/mol. The molecule has 4 aromatic rings.